The molecule has 0 aromatic heterocycles. The van der Waals surface area contributed by atoms with E-state index in [4.69, 9.17) is 0 Å². The third-order valence-corrected chi connectivity index (χ3v) is 6.23. The number of rotatable bonds is 4. The first-order valence-electron chi connectivity index (χ1n) is 7.59. The van der Waals surface area contributed by atoms with Gasteiger partial charge >= 0.3 is 0 Å². The van der Waals surface area contributed by atoms with Gasteiger partial charge in [0.15, 0.2) is 0 Å². The third kappa shape index (κ3) is 3.10. The summed E-state index contributed by atoms with van der Waals surface area (Å²) in [6.45, 7) is 0. The summed E-state index contributed by atoms with van der Waals surface area (Å²) < 4.78 is 0. The first-order valence-corrected chi connectivity index (χ1v) is 10.0. The van der Waals surface area contributed by atoms with Crippen molar-refractivity contribution >= 4 is 27.7 Å². The molecule has 0 amide bonds. The molecule has 110 valence electrons. The SMILES string of the molecule is PCc1cccc(-c2ccc3c(c2)CC(CP)C3CP)c1. The quantitative estimate of drug-likeness (QED) is 0.710. The van der Waals surface area contributed by atoms with Crippen molar-refractivity contribution in [3.05, 3.63) is 59.2 Å². The Morgan fingerprint density at radius 3 is 2.43 bits per heavy atom. The molecule has 0 fully saturated rings. The average Bonchev–Trinajstić information content (AvgIpc) is 2.91. The molecule has 0 bridgehead atoms. The fourth-order valence-electron chi connectivity index (χ4n) is 3.45. The van der Waals surface area contributed by atoms with Crippen molar-refractivity contribution in [1.29, 1.82) is 0 Å². The fourth-order valence-corrected chi connectivity index (χ4v) is 4.84. The Morgan fingerprint density at radius 1 is 0.905 bits per heavy atom. The van der Waals surface area contributed by atoms with Gasteiger partial charge in [0.1, 0.15) is 0 Å². The van der Waals surface area contributed by atoms with E-state index in [9.17, 15) is 0 Å². The normalized spacial score (nSPS) is 20.5. The molecular weight excluding hydrogens is 309 g/mol. The van der Waals surface area contributed by atoms with Crippen molar-refractivity contribution in [3.63, 3.8) is 0 Å². The maximum Gasteiger partial charge on any atom is -0.00899 e. The van der Waals surface area contributed by atoms with E-state index in [-0.39, 0.29) is 0 Å². The van der Waals surface area contributed by atoms with Crippen LogP contribution in [0.4, 0.5) is 0 Å². The van der Waals surface area contributed by atoms with Gasteiger partial charge in [0, 0.05) is 0 Å². The predicted octanol–water partition coefficient (Wildman–Crippen LogP) is 4.73. The fraction of sp³-hybridized carbons (Fsp3) is 0.333. The summed E-state index contributed by atoms with van der Waals surface area (Å²) in [4.78, 5) is 0. The molecule has 0 spiro atoms. The maximum atomic E-state index is 2.93. The zero-order valence-electron chi connectivity index (χ0n) is 12.3. The number of benzene rings is 2. The molecule has 1 aliphatic carbocycles. The minimum Gasteiger partial charge on any atom is -0.137 e. The van der Waals surface area contributed by atoms with Gasteiger partial charge in [0.05, 0.1) is 0 Å². The molecule has 0 saturated heterocycles. The van der Waals surface area contributed by atoms with Crippen LogP contribution in [0, 0.1) is 5.92 Å². The Bertz CT molecular complexity index is 636. The Morgan fingerprint density at radius 2 is 1.71 bits per heavy atom. The molecule has 3 rings (SSSR count). The first kappa shape index (κ1) is 15.6. The predicted molar refractivity (Wildman–Crippen MR) is 104 cm³/mol. The summed E-state index contributed by atoms with van der Waals surface area (Å²) in [7, 11) is 8.67. The zero-order chi connectivity index (χ0) is 14.8. The van der Waals surface area contributed by atoms with E-state index in [2.05, 4.69) is 70.2 Å². The van der Waals surface area contributed by atoms with E-state index in [1.807, 2.05) is 0 Å². The lowest BCUT2D eigenvalue weighted by Crippen LogP contribution is -2.10. The molecule has 5 atom stereocenters. The lowest BCUT2D eigenvalue weighted by atomic mass is 9.95. The molecule has 5 unspecified atom stereocenters. The third-order valence-electron chi connectivity index (χ3n) is 4.65. The summed E-state index contributed by atoms with van der Waals surface area (Å²) >= 11 is 0. The van der Waals surface area contributed by atoms with Crippen LogP contribution in [-0.2, 0) is 12.6 Å². The Hall–Kier alpha value is -0.270. The van der Waals surface area contributed by atoms with Crippen LogP contribution in [0.1, 0.15) is 22.6 Å². The van der Waals surface area contributed by atoms with Crippen LogP contribution in [0.25, 0.3) is 11.1 Å². The lowest BCUT2D eigenvalue weighted by molar-refractivity contribution is 0.547. The number of hydrogen-bond donors (Lipinski definition) is 0. The van der Waals surface area contributed by atoms with Gasteiger partial charge in [-0.15, -0.1) is 27.7 Å². The molecule has 2 aromatic carbocycles. The highest BCUT2D eigenvalue weighted by Gasteiger charge is 2.30. The van der Waals surface area contributed by atoms with Gasteiger partial charge in [-0.2, -0.15) is 0 Å². The van der Waals surface area contributed by atoms with Crippen LogP contribution in [0.2, 0.25) is 0 Å². The highest BCUT2D eigenvalue weighted by atomic mass is 31.0. The van der Waals surface area contributed by atoms with Gasteiger partial charge in [0.25, 0.3) is 0 Å². The van der Waals surface area contributed by atoms with Crippen LogP contribution < -0.4 is 0 Å². The van der Waals surface area contributed by atoms with E-state index in [1.165, 1.54) is 35.4 Å². The molecule has 0 N–H and O–H groups in total. The molecule has 0 aliphatic heterocycles. The largest absolute Gasteiger partial charge is 0.137 e. The average molecular weight is 332 g/mol. The van der Waals surface area contributed by atoms with Crippen LogP contribution >= 0.6 is 27.7 Å². The van der Waals surface area contributed by atoms with Crippen molar-refractivity contribution in [3.8, 4) is 11.1 Å². The van der Waals surface area contributed by atoms with Crippen LogP contribution in [0.3, 0.4) is 0 Å². The summed E-state index contributed by atoms with van der Waals surface area (Å²) in [6.07, 6.45) is 4.62. The molecular formula is C18H23P3. The molecule has 0 nitrogen and oxygen atoms in total. The standard InChI is InChI=1S/C18H23P3/c19-9-12-2-1-3-13(6-12)14-4-5-17-15(7-14)8-16(10-20)18(17)11-21/h1-7,16,18H,8-11,19-21H2. The smallest absolute Gasteiger partial charge is 0.00899 e. The molecule has 3 heteroatoms. The Kier molecular flexibility index (Phi) is 5.11. The second-order valence-corrected chi connectivity index (χ2v) is 7.21. The molecule has 0 saturated carbocycles. The van der Waals surface area contributed by atoms with Gasteiger partial charge < -0.3 is 0 Å². The van der Waals surface area contributed by atoms with E-state index < -0.39 is 0 Å². The van der Waals surface area contributed by atoms with Crippen LogP contribution in [0.15, 0.2) is 42.5 Å². The Labute approximate surface area is 135 Å². The van der Waals surface area contributed by atoms with Crippen molar-refractivity contribution in [2.75, 3.05) is 12.3 Å². The number of fused-ring (bicyclic) bond motifs is 1. The van der Waals surface area contributed by atoms with E-state index in [1.54, 1.807) is 11.1 Å². The van der Waals surface area contributed by atoms with Crippen molar-refractivity contribution in [2.45, 2.75) is 18.5 Å². The van der Waals surface area contributed by atoms with Gasteiger partial charge in [-0.3, -0.25) is 0 Å². The second-order valence-electron chi connectivity index (χ2n) is 5.86. The summed E-state index contributed by atoms with van der Waals surface area (Å²) in [5.74, 6) is 1.51. The summed E-state index contributed by atoms with van der Waals surface area (Å²) in [5.41, 5.74) is 7.21. The van der Waals surface area contributed by atoms with Crippen LogP contribution in [-0.4, -0.2) is 12.3 Å². The minimum atomic E-state index is 0.718. The molecule has 2 aromatic rings. The first-order chi connectivity index (χ1) is 10.3. The Balaban J connectivity index is 1.97. The molecule has 21 heavy (non-hydrogen) atoms. The van der Waals surface area contributed by atoms with E-state index in [0.717, 1.165) is 18.0 Å². The van der Waals surface area contributed by atoms with E-state index in [0.29, 0.717) is 0 Å². The lowest BCUT2D eigenvalue weighted by Gasteiger charge is -2.16. The highest BCUT2D eigenvalue weighted by Crippen LogP contribution is 2.41. The van der Waals surface area contributed by atoms with Crippen molar-refractivity contribution < 1.29 is 0 Å². The molecule has 0 heterocycles. The topological polar surface area (TPSA) is 0 Å². The molecule has 0 radical (unpaired) electrons. The summed E-state index contributed by atoms with van der Waals surface area (Å²) in [5, 5.41) is 0. The van der Waals surface area contributed by atoms with Crippen molar-refractivity contribution in [1.82, 2.24) is 0 Å². The van der Waals surface area contributed by atoms with Gasteiger partial charge in [-0.05, 0) is 64.6 Å². The monoisotopic (exact) mass is 332 g/mol. The van der Waals surface area contributed by atoms with Crippen LogP contribution in [0.5, 0.6) is 0 Å². The van der Waals surface area contributed by atoms with Gasteiger partial charge in [-0.25, -0.2) is 0 Å². The van der Waals surface area contributed by atoms with E-state index >= 15 is 0 Å². The minimum absolute atomic E-state index is 0.718. The zero-order valence-corrected chi connectivity index (χ0v) is 15.7. The molecule has 1 aliphatic rings. The summed E-state index contributed by atoms with van der Waals surface area (Å²) in [6, 6.07) is 16.0. The van der Waals surface area contributed by atoms with Gasteiger partial charge in [-0.1, -0.05) is 42.5 Å². The highest BCUT2D eigenvalue weighted by molar-refractivity contribution is 7.17. The second kappa shape index (κ2) is 6.87. The van der Waals surface area contributed by atoms with Gasteiger partial charge in [0.2, 0.25) is 0 Å². The maximum absolute atomic E-state index is 2.93. The van der Waals surface area contributed by atoms with Crippen molar-refractivity contribution in [2.24, 2.45) is 5.92 Å². The number of hydrogen-bond acceptors (Lipinski definition) is 0.